The average Bonchev–Trinajstić information content (AvgIpc) is 3.25. The largest absolute Gasteiger partial charge is 0.454 e. The SMILES string of the molecule is C[C@H]1C=CC[C@H]2C(=O)N(c3ccc(-c4cc(C(=O)OCC(=O)c5ccc(Cl)cc5)c5ccccc5n4)cc3)C(=O)[C@H]12. The Hall–Kier alpha value is -4.62. The van der Waals surface area contributed by atoms with E-state index in [0.717, 1.165) is 0 Å². The molecule has 1 fully saturated rings. The lowest BCUT2D eigenvalue weighted by Crippen LogP contribution is -2.31. The van der Waals surface area contributed by atoms with Crippen LogP contribution in [0.15, 0.2) is 91.0 Å². The highest BCUT2D eigenvalue weighted by Crippen LogP contribution is 2.40. The summed E-state index contributed by atoms with van der Waals surface area (Å²) in [4.78, 5) is 58.0. The van der Waals surface area contributed by atoms with Gasteiger partial charge in [-0.3, -0.25) is 19.3 Å². The van der Waals surface area contributed by atoms with E-state index in [1.165, 1.54) is 4.90 Å². The molecule has 3 aromatic carbocycles. The van der Waals surface area contributed by atoms with Crippen molar-refractivity contribution in [2.24, 2.45) is 17.8 Å². The summed E-state index contributed by atoms with van der Waals surface area (Å²) in [6, 6.07) is 22.2. The number of nitrogens with zero attached hydrogens (tertiary/aromatic N) is 2. The fraction of sp³-hybridized carbons (Fsp3) is 0.182. The molecule has 1 aliphatic carbocycles. The highest BCUT2D eigenvalue weighted by Gasteiger charge is 2.50. The molecule has 1 aromatic heterocycles. The molecule has 2 heterocycles. The number of carbonyl (C=O) groups excluding carboxylic acids is 4. The minimum Gasteiger partial charge on any atom is -0.454 e. The van der Waals surface area contributed by atoms with Crippen LogP contribution in [0, 0.1) is 17.8 Å². The maximum atomic E-state index is 13.2. The van der Waals surface area contributed by atoms with Gasteiger partial charge in [-0.15, -0.1) is 0 Å². The van der Waals surface area contributed by atoms with Gasteiger partial charge >= 0.3 is 5.97 Å². The van der Waals surface area contributed by atoms with Crippen LogP contribution in [0.5, 0.6) is 0 Å². The van der Waals surface area contributed by atoms with Gasteiger partial charge in [0.25, 0.3) is 0 Å². The van der Waals surface area contributed by atoms with Gasteiger partial charge < -0.3 is 4.74 Å². The minimum atomic E-state index is -0.651. The van der Waals surface area contributed by atoms with Crippen molar-refractivity contribution in [2.45, 2.75) is 13.3 Å². The number of halogens is 1. The Balaban J connectivity index is 1.26. The molecular weight excluding hydrogens is 540 g/mol. The Morgan fingerprint density at radius 2 is 1.71 bits per heavy atom. The summed E-state index contributed by atoms with van der Waals surface area (Å²) in [5, 5.41) is 1.10. The van der Waals surface area contributed by atoms with Crippen molar-refractivity contribution in [1.82, 2.24) is 4.98 Å². The van der Waals surface area contributed by atoms with Gasteiger partial charge in [0, 0.05) is 21.5 Å². The number of rotatable bonds is 6. The Kier molecular flexibility index (Phi) is 6.97. The van der Waals surface area contributed by atoms with Crippen LogP contribution in [-0.2, 0) is 14.3 Å². The van der Waals surface area contributed by atoms with Crippen LogP contribution in [0.2, 0.25) is 5.02 Å². The molecular formula is C33H25ClN2O5. The standard InChI is InChI=1S/C33H25ClN2O5/c1-19-5-4-7-25-30(19)32(39)36(31(25)38)23-15-11-20(12-16-23)28-17-26(24-6-2-3-8-27(24)35-28)33(40)41-18-29(37)21-9-13-22(34)14-10-21/h2-6,8-17,19,25,30H,7,18H2,1H3/t19-,25+,30+/m0/s1. The number of anilines is 1. The number of carbonyl (C=O) groups is 4. The second-order valence-electron chi connectivity index (χ2n) is 10.3. The number of pyridine rings is 1. The zero-order valence-corrected chi connectivity index (χ0v) is 22.9. The highest BCUT2D eigenvalue weighted by molar-refractivity contribution is 6.30. The molecule has 0 N–H and O–H groups in total. The number of fused-ring (bicyclic) bond motifs is 2. The highest BCUT2D eigenvalue weighted by atomic mass is 35.5. The van der Waals surface area contributed by atoms with E-state index >= 15 is 0 Å². The van der Waals surface area contributed by atoms with E-state index < -0.39 is 12.6 Å². The van der Waals surface area contributed by atoms with E-state index in [4.69, 9.17) is 21.3 Å². The van der Waals surface area contributed by atoms with Crippen molar-refractivity contribution >= 4 is 51.8 Å². The first kappa shape index (κ1) is 26.6. The molecule has 2 amide bonds. The number of aromatic nitrogens is 1. The summed E-state index contributed by atoms with van der Waals surface area (Å²) >= 11 is 5.89. The number of amides is 2. The lowest BCUT2D eigenvalue weighted by molar-refractivity contribution is -0.122. The molecule has 204 valence electrons. The molecule has 7 nitrogen and oxygen atoms in total. The van der Waals surface area contributed by atoms with E-state index in [2.05, 4.69) is 0 Å². The molecule has 0 spiro atoms. The monoisotopic (exact) mass is 564 g/mol. The normalized spacial score (nSPS) is 19.9. The number of Topliss-reactive ketones (excluding diaryl/α,β-unsaturated/α-hetero) is 1. The van der Waals surface area contributed by atoms with Crippen molar-refractivity contribution in [2.75, 3.05) is 11.5 Å². The van der Waals surface area contributed by atoms with Crippen LogP contribution in [-0.4, -0.2) is 35.2 Å². The van der Waals surface area contributed by atoms with Gasteiger partial charge in [0.15, 0.2) is 12.4 Å². The van der Waals surface area contributed by atoms with Gasteiger partial charge in [-0.1, -0.05) is 61.0 Å². The van der Waals surface area contributed by atoms with Crippen molar-refractivity contribution in [1.29, 1.82) is 0 Å². The van der Waals surface area contributed by atoms with Gasteiger partial charge in [-0.05, 0) is 60.9 Å². The van der Waals surface area contributed by atoms with E-state index in [1.807, 2.05) is 25.1 Å². The Bertz CT molecular complexity index is 1730. The lowest BCUT2D eigenvalue weighted by atomic mass is 9.78. The first-order valence-corrected chi connectivity index (χ1v) is 13.7. The Morgan fingerprint density at radius 1 is 0.976 bits per heavy atom. The summed E-state index contributed by atoms with van der Waals surface area (Å²) in [5.41, 5.74) is 2.96. The van der Waals surface area contributed by atoms with Crippen LogP contribution in [0.1, 0.15) is 34.1 Å². The quantitative estimate of drug-likeness (QED) is 0.118. The van der Waals surface area contributed by atoms with Gasteiger partial charge in [0.1, 0.15) is 0 Å². The van der Waals surface area contributed by atoms with E-state index in [-0.39, 0.29) is 40.9 Å². The molecule has 0 radical (unpaired) electrons. The van der Waals surface area contributed by atoms with Crippen molar-refractivity contribution in [3.8, 4) is 11.3 Å². The lowest BCUT2D eigenvalue weighted by Gasteiger charge is -2.22. The molecule has 6 rings (SSSR count). The summed E-state index contributed by atoms with van der Waals surface area (Å²) in [6.07, 6.45) is 4.55. The zero-order chi connectivity index (χ0) is 28.7. The number of hydrogen-bond acceptors (Lipinski definition) is 6. The molecule has 1 aliphatic heterocycles. The smallest absolute Gasteiger partial charge is 0.339 e. The molecule has 1 saturated heterocycles. The minimum absolute atomic E-state index is 0.0101. The molecule has 4 aromatic rings. The molecule has 8 heteroatoms. The topological polar surface area (TPSA) is 93.6 Å². The predicted molar refractivity (Wildman–Crippen MR) is 156 cm³/mol. The van der Waals surface area contributed by atoms with Crippen molar-refractivity contribution < 1.29 is 23.9 Å². The number of esters is 1. The van der Waals surface area contributed by atoms with Crippen LogP contribution in [0.4, 0.5) is 5.69 Å². The number of benzene rings is 3. The number of allylic oxidation sites excluding steroid dienone is 2. The Morgan fingerprint density at radius 3 is 2.44 bits per heavy atom. The van der Waals surface area contributed by atoms with Gasteiger partial charge in [-0.25, -0.2) is 9.78 Å². The van der Waals surface area contributed by atoms with Gasteiger partial charge in [0.05, 0.1) is 34.3 Å². The summed E-state index contributed by atoms with van der Waals surface area (Å²) in [5.74, 6) is -2.00. The number of ketones is 1. The molecule has 2 aliphatic rings. The predicted octanol–water partition coefficient (Wildman–Crippen LogP) is 6.30. The summed E-state index contributed by atoms with van der Waals surface area (Å²) in [7, 11) is 0. The third-order valence-electron chi connectivity index (χ3n) is 7.73. The van der Waals surface area contributed by atoms with E-state index in [9.17, 15) is 19.2 Å². The van der Waals surface area contributed by atoms with E-state index in [1.54, 1.807) is 72.8 Å². The number of hydrogen-bond donors (Lipinski definition) is 0. The van der Waals surface area contributed by atoms with Crippen molar-refractivity contribution in [3.05, 3.63) is 107 Å². The maximum Gasteiger partial charge on any atom is 0.339 e. The fourth-order valence-corrected chi connectivity index (χ4v) is 5.73. The number of ether oxygens (including phenoxy) is 1. The fourth-order valence-electron chi connectivity index (χ4n) is 5.60. The van der Waals surface area contributed by atoms with E-state index in [0.29, 0.717) is 44.9 Å². The van der Waals surface area contributed by atoms with Crippen LogP contribution in [0.3, 0.4) is 0 Å². The Labute approximate surface area is 241 Å². The molecule has 41 heavy (non-hydrogen) atoms. The molecule has 3 atom stereocenters. The first-order chi connectivity index (χ1) is 19.8. The second kappa shape index (κ2) is 10.7. The van der Waals surface area contributed by atoms with Gasteiger partial charge in [0.2, 0.25) is 11.8 Å². The third kappa shape index (κ3) is 4.93. The van der Waals surface area contributed by atoms with Crippen LogP contribution < -0.4 is 4.90 Å². The molecule has 0 unspecified atom stereocenters. The number of imide groups is 1. The second-order valence-corrected chi connectivity index (χ2v) is 10.7. The zero-order valence-electron chi connectivity index (χ0n) is 22.1. The van der Waals surface area contributed by atoms with Gasteiger partial charge in [-0.2, -0.15) is 0 Å². The maximum absolute atomic E-state index is 13.2. The first-order valence-electron chi connectivity index (χ1n) is 13.3. The third-order valence-corrected chi connectivity index (χ3v) is 7.98. The summed E-state index contributed by atoms with van der Waals surface area (Å²) < 4.78 is 5.40. The molecule has 0 bridgehead atoms. The summed E-state index contributed by atoms with van der Waals surface area (Å²) in [6.45, 7) is 1.54. The van der Waals surface area contributed by atoms with Crippen molar-refractivity contribution in [3.63, 3.8) is 0 Å². The number of para-hydroxylation sites is 1. The molecule has 0 saturated carbocycles. The average molecular weight is 565 g/mol. The van der Waals surface area contributed by atoms with Crippen LogP contribution in [0.25, 0.3) is 22.2 Å². The van der Waals surface area contributed by atoms with Crippen LogP contribution >= 0.6 is 11.6 Å².